The number of fused-ring (bicyclic) bond motifs is 1. The molecule has 10 heteroatoms. The fourth-order valence-electron chi connectivity index (χ4n) is 3.40. The summed E-state index contributed by atoms with van der Waals surface area (Å²) in [5, 5.41) is 0.709. The lowest BCUT2D eigenvalue weighted by molar-refractivity contribution is 0.0260. The third kappa shape index (κ3) is 5.03. The third-order valence-corrected chi connectivity index (χ3v) is 6.08. The van der Waals surface area contributed by atoms with Gasteiger partial charge in [-0.2, -0.15) is 0 Å². The summed E-state index contributed by atoms with van der Waals surface area (Å²) >= 11 is 0. The monoisotopic (exact) mass is 460 g/mol. The molecular formula is C22H24N2O7S. The van der Waals surface area contributed by atoms with Crippen molar-refractivity contribution < 1.29 is 32.2 Å². The summed E-state index contributed by atoms with van der Waals surface area (Å²) in [6, 6.07) is 8.07. The lowest BCUT2D eigenvalue weighted by Gasteiger charge is -2.23. The first-order chi connectivity index (χ1) is 15.3. The molecule has 4 rings (SSSR count). The Bertz CT molecular complexity index is 1210. The maximum atomic E-state index is 12.2. The van der Waals surface area contributed by atoms with Crippen LogP contribution in [0.1, 0.15) is 30.3 Å². The maximum absolute atomic E-state index is 12.2. The SMILES string of the molecule is CCOC(=O)c1cc2cc(Oc3ccc(S(C)(=O)=O)cn3)cc(OC3CCOCC3)c2[nH]1. The number of esters is 1. The largest absolute Gasteiger partial charge is 0.488 e. The second-order valence-electron chi connectivity index (χ2n) is 7.43. The smallest absolute Gasteiger partial charge is 0.354 e. The van der Waals surface area contributed by atoms with Gasteiger partial charge in [0.1, 0.15) is 23.3 Å². The summed E-state index contributed by atoms with van der Waals surface area (Å²) < 4.78 is 45.9. The molecule has 1 aliphatic rings. The Labute approximate surface area is 185 Å². The number of nitrogens with zero attached hydrogens (tertiary/aromatic N) is 1. The van der Waals surface area contributed by atoms with Crippen molar-refractivity contribution >= 4 is 26.7 Å². The number of ether oxygens (including phenoxy) is 4. The third-order valence-electron chi connectivity index (χ3n) is 4.98. The Kier molecular flexibility index (Phi) is 6.33. The van der Waals surface area contributed by atoms with Crippen molar-refractivity contribution in [3.05, 3.63) is 42.2 Å². The number of carbonyl (C=O) groups excluding carboxylic acids is 1. The van der Waals surface area contributed by atoms with Gasteiger partial charge in [0.15, 0.2) is 9.84 Å². The molecule has 1 aliphatic heterocycles. The Hall–Kier alpha value is -3.11. The van der Waals surface area contributed by atoms with Gasteiger partial charge in [-0.25, -0.2) is 18.2 Å². The normalized spacial score (nSPS) is 14.9. The first-order valence-corrected chi connectivity index (χ1v) is 12.1. The van der Waals surface area contributed by atoms with Gasteiger partial charge in [0, 0.05) is 42.8 Å². The summed E-state index contributed by atoms with van der Waals surface area (Å²) in [4.78, 5) is 19.5. The van der Waals surface area contributed by atoms with Crippen molar-refractivity contribution in [3.8, 4) is 17.4 Å². The van der Waals surface area contributed by atoms with Crippen LogP contribution in [-0.4, -0.2) is 56.5 Å². The van der Waals surface area contributed by atoms with Gasteiger partial charge in [-0.15, -0.1) is 0 Å². The quantitative estimate of drug-likeness (QED) is 0.533. The van der Waals surface area contributed by atoms with Gasteiger partial charge in [-0.3, -0.25) is 0 Å². The number of sulfone groups is 1. The highest BCUT2D eigenvalue weighted by atomic mass is 32.2. The molecule has 0 spiro atoms. The first-order valence-electron chi connectivity index (χ1n) is 10.3. The number of pyridine rings is 1. The highest BCUT2D eigenvalue weighted by molar-refractivity contribution is 7.90. The number of hydrogen-bond donors (Lipinski definition) is 1. The van der Waals surface area contributed by atoms with Crippen molar-refractivity contribution in [2.75, 3.05) is 26.1 Å². The minimum atomic E-state index is -3.35. The van der Waals surface area contributed by atoms with Gasteiger partial charge < -0.3 is 23.9 Å². The zero-order valence-corrected chi connectivity index (χ0v) is 18.6. The molecule has 0 atom stereocenters. The number of aromatic amines is 1. The zero-order chi connectivity index (χ0) is 22.7. The Morgan fingerprint density at radius 2 is 2.00 bits per heavy atom. The van der Waals surface area contributed by atoms with Crippen LogP contribution >= 0.6 is 0 Å². The van der Waals surface area contributed by atoms with Gasteiger partial charge in [0.2, 0.25) is 5.88 Å². The number of carbonyl (C=O) groups is 1. The fraction of sp³-hybridized carbons (Fsp3) is 0.364. The van der Waals surface area contributed by atoms with E-state index in [-0.39, 0.29) is 23.5 Å². The van der Waals surface area contributed by atoms with E-state index in [2.05, 4.69) is 9.97 Å². The van der Waals surface area contributed by atoms with E-state index in [0.717, 1.165) is 19.1 Å². The standard InChI is InChI=1S/C22H24N2O7S/c1-3-29-22(25)18-11-14-10-16(31-20-5-4-17(13-23-20)32(2,26)27)12-19(21(14)24-18)30-15-6-8-28-9-7-15/h4-5,10-13,15,24H,3,6-9H2,1-2H3. The second kappa shape index (κ2) is 9.17. The topological polar surface area (TPSA) is 117 Å². The zero-order valence-electron chi connectivity index (χ0n) is 17.8. The van der Waals surface area contributed by atoms with Crippen molar-refractivity contribution in [2.24, 2.45) is 0 Å². The number of rotatable bonds is 7. The van der Waals surface area contributed by atoms with Gasteiger partial charge in [-0.1, -0.05) is 0 Å². The van der Waals surface area contributed by atoms with Crippen LogP contribution in [-0.2, 0) is 19.3 Å². The van der Waals surface area contributed by atoms with E-state index in [4.69, 9.17) is 18.9 Å². The molecule has 1 saturated heterocycles. The molecular weight excluding hydrogens is 436 g/mol. The van der Waals surface area contributed by atoms with Crippen LogP contribution in [0.5, 0.6) is 17.4 Å². The van der Waals surface area contributed by atoms with Crippen molar-refractivity contribution in [2.45, 2.75) is 30.8 Å². The van der Waals surface area contributed by atoms with E-state index < -0.39 is 15.8 Å². The lowest BCUT2D eigenvalue weighted by Crippen LogP contribution is -2.26. The summed E-state index contributed by atoms with van der Waals surface area (Å²) in [6.45, 7) is 3.26. The summed E-state index contributed by atoms with van der Waals surface area (Å²) in [5.74, 6) is 0.748. The molecule has 1 aromatic carbocycles. The molecule has 0 aliphatic carbocycles. The van der Waals surface area contributed by atoms with Crippen LogP contribution in [0.2, 0.25) is 0 Å². The van der Waals surface area contributed by atoms with Crippen LogP contribution in [0.25, 0.3) is 10.9 Å². The first kappa shape index (κ1) is 22.1. The van der Waals surface area contributed by atoms with Crippen molar-refractivity contribution in [1.82, 2.24) is 9.97 Å². The number of benzene rings is 1. The molecule has 0 unspecified atom stereocenters. The Morgan fingerprint density at radius 3 is 2.66 bits per heavy atom. The van der Waals surface area contributed by atoms with Crippen LogP contribution in [0.3, 0.4) is 0 Å². The molecule has 32 heavy (non-hydrogen) atoms. The molecule has 3 aromatic rings. The molecule has 0 radical (unpaired) electrons. The number of hydrogen-bond acceptors (Lipinski definition) is 8. The summed E-state index contributed by atoms with van der Waals surface area (Å²) in [6.07, 6.45) is 3.85. The van der Waals surface area contributed by atoms with Gasteiger partial charge in [0.05, 0.1) is 30.2 Å². The van der Waals surface area contributed by atoms with Gasteiger partial charge >= 0.3 is 5.97 Å². The summed E-state index contributed by atoms with van der Waals surface area (Å²) in [5.41, 5.74) is 0.971. The fourth-order valence-corrected chi connectivity index (χ4v) is 3.96. The molecule has 0 bridgehead atoms. The van der Waals surface area contributed by atoms with Crippen LogP contribution in [0.15, 0.2) is 41.4 Å². The highest BCUT2D eigenvalue weighted by Crippen LogP contribution is 2.35. The van der Waals surface area contributed by atoms with Gasteiger partial charge in [-0.05, 0) is 25.1 Å². The predicted molar refractivity (Wildman–Crippen MR) is 116 cm³/mol. The highest BCUT2D eigenvalue weighted by Gasteiger charge is 2.20. The molecule has 1 N–H and O–H groups in total. The predicted octanol–water partition coefficient (Wildman–Crippen LogP) is 3.49. The average Bonchev–Trinajstić information content (AvgIpc) is 3.19. The molecule has 0 amide bonds. The number of H-pyrrole nitrogens is 1. The number of aromatic nitrogens is 2. The van der Waals surface area contributed by atoms with Crippen LogP contribution < -0.4 is 9.47 Å². The minimum absolute atomic E-state index is 0.0243. The van der Waals surface area contributed by atoms with E-state index in [1.807, 2.05) is 0 Å². The molecule has 3 heterocycles. The molecule has 2 aromatic heterocycles. The van der Waals surface area contributed by atoms with E-state index in [9.17, 15) is 13.2 Å². The van der Waals surface area contributed by atoms with Gasteiger partial charge in [0.25, 0.3) is 0 Å². The van der Waals surface area contributed by atoms with Crippen LogP contribution in [0.4, 0.5) is 0 Å². The summed E-state index contributed by atoms with van der Waals surface area (Å²) in [7, 11) is -3.35. The van der Waals surface area contributed by atoms with E-state index >= 15 is 0 Å². The Balaban J connectivity index is 1.67. The van der Waals surface area contributed by atoms with Crippen LogP contribution in [0, 0.1) is 0 Å². The lowest BCUT2D eigenvalue weighted by atomic mass is 10.1. The van der Waals surface area contributed by atoms with E-state index in [1.54, 1.807) is 25.1 Å². The van der Waals surface area contributed by atoms with Crippen molar-refractivity contribution in [3.63, 3.8) is 0 Å². The van der Waals surface area contributed by atoms with E-state index in [0.29, 0.717) is 41.3 Å². The molecule has 9 nitrogen and oxygen atoms in total. The minimum Gasteiger partial charge on any atom is -0.488 e. The Morgan fingerprint density at radius 1 is 1.22 bits per heavy atom. The second-order valence-corrected chi connectivity index (χ2v) is 9.44. The number of nitrogens with one attached hydrogen (secondary N) is 1. The molecule has 0 saturated carbocycles. The maximum Gasteiger partial charge on any atom is 0.354 e. The average molecular weight is 461 g/mol. The van der Waals surface area contributed by atoms with Crippen molar-refractivity contribution in [1.29, 1.82) is 0 Å². The molecule has 170 valence electrons. The molecule has 1 fully saturated rings. The van der Waals surface area contributed by atoms with E-state index in [1.165, 1.54) is 18.3 Å².